The standard InChI is InChI=1S/C16H15FO2/c1-18-12-19-16-8-3-2-6-14(16)10-9-13-5-4-7-15(17)11-13/h2-11H,12H2,1H3/b10-9+. The molecule has 2 aromatic rings. The highest BCUT2D eigenvalue weighted by molar-refractivity contribution is 5.72. The van der Waals surface area contributed by atoms with E-state index in [4.69, 9.17) is 9.47 Å². The molecule has 0 saturated heterocycles. The summed E-state index contributed by atoms with van der Waals surface area (Å²) in [6.45, 7) is 0.199. The van der Waals surface area contributed by atoms with Crippen molar-refractivity contribution in [2.24, 2.45) is 0 Å². The van der Waals surface area contributed by atoms with E-state index in [-0.39, 0.29) is 12.6 Å². The lowest BCUT2D eigenvalue weighted by Gasteiger charge is -2.07. The number of para-hydroxylation sites is 1. The highest BCUT2D eigenvalue weighted by Crippen LogP contribution is 2.20. The Morgan fingerprint density at radius 2 is 1.89 bits per heavy atom. The quantitative estimate of drug-likeness (QED) is 0.596. The first-order valence-electron chi connectivity index (χ1n) is 5.94. The summed E-state index contributed by atoms with van der Waals surface area (Å²) >= 11 is 0. The van der Waals surface area contributed by atoms with E-state index in [2.05, 4.69) is 0 Å². The second-order valence-corrected chi connectivity index (χ2v) is 3.98. The number of ether oxygens (including phenoxy) is 2. The Kier molecular flexibility index (Phi) is 4.70. The lowest BCUT2D eigenvalue weighted by Crippen LogP contribution is -1.99. The average Bonchev–Trinajstić information content (AvgIpc) is 2.44. The minimum atomic E-state index is -0.244. The van der Waals surface area contributed by atoms with Crippen LogP contribution in [0.2, 0.25) is 0 Å². The van der Waals surface area contributed by atoms with Crippen LogP contribution in [0.5, 0.6) is 5.75 Å². The maximum Gasteiger partial charge on any atom is 0.188 e. The molecule has 0 radical (unpaired) electrons. The fourth-order valence-corrected chi connectivity index (χ4v) is 1.67. The van der Waals surface area contributed by atoms with Crippen molar-refractivity contribution in [1.82, 2.24) is 0 Å². The van der Waals surface area contributed by atoms with Gasteiger partial charge in [0.2, 0.25) is 0 Å². The lowest BCUT2D eigenvalue weighted by atomic mass is 10.1. The molecule has 0 heterocycles. The number of benzene rings is 2. The van der Waals surface area contributed by atoms with Crippen LogP contribution < -0.4 is 4.74 Å². The van der Waals surface area contributed by atoms with E-state index in [0.29, 0.717) is 0 Å². The van der Waals surface area contributed by atoms with Gasteiger partial charge in [0, 0.05) is 12.7 Å². The molecule has 0 bridgehead atoms. The Labute approximate surface area is 112 Å². The second-order valence-electron chi connectivity index (χ2n) is 3.98. The lowest BCUT2D eigenvalue weighted by molar-refractivity contribution is 0.0510. The first kappa shape index (κ1) is 13.3. The van der Waals surface area contributed by atoms with Gasteiger partial charge in [0.25, 0.3) is 0 Å². The third-order valence-electron chi connectivity index (χ3n) is 2.56. The zero-order chi connectivity index (χ0) is 13.5. The summed E-state index contributed by atoms with van der Waals surface area (Å²) in [5.74, 6) is 0.489. The normalized spacial score (nSPS) is 10.8. The van der Waals surface area contributed by atoms with Gasteiger partial charge in [-0.25, -0.2) is 4.39 Å². The maximum absolute atomic E-state index is 13.1. The Hall–Kier alpha value is -2.13. The van der Waals surface area contributed by atoms with Crippen LogP contribution in [0, 0.1) is 5.82 Å². The van der Waals surface area contributed by atoms with Crippen LogP contribution in [0.25, 0.3) is 12.2 Å². The molecule has 19 heavy (non-hydrogen) atoms. The molecule has 3 heteroatoms. The number of halogens is 1. The minimum Gasteiger partial charge on any atom is -0.467 e. The van der Waals surface area contributed by atoms with Crippen LogP contribution in [-0.4, -0.2) is 13.9 Å². The summed E-state index contributed by atoms with van der Waals surface area (Å²) in [6.07, 6.45) is 3.73. The van der Waals surface area contributed by atoms with Gasteiger partial charge in [0.05, 0.1) is 0 Å². The van der Waals surface area contributed by atoms with Crippen molar-refractivity contribution in [1.29, 1.82) is 0 Å². The molecule has 0 aromatic heterocycles. The van der Waals surface area contributed by atoms with Crippen molar-refractivity contribution in [3.8, 4) is 5.75 Å². The van der Waals surface area contributed by atoms with E-state index < -0.39 is 0 Å². The van der Waals surface area contributed by atoms with E-state index in [1.54, 1.807) is 13.2 Å². The van der Waals surface area contributed by atoms with E-state index >= 15 is 0 Å². The van der Waals surface area contributed by atoms with E-state index in [1.165, 1.54) is 12.1 Å². The van der Waals surface area contributed by atoms with Crippen LogP contribution in [-0.2, 0) is 4.74 Å². The molecule has 0 aliphatic heterocycles. The van der Waals surface area contributed by atoms with Crippen LogP contribution in [0.3, 0.4) is 0 Å². The minimum absolute atomic E-state index is 0.199. The number of hydrogen-bond acceptors (Lipinski definition) is 2. The smallest absolute Gasteiger partial charge is 0.188 e. The highest BCUT2D eigenvalue weighted by atomic mass is 19.1. The molecule has 0 fully saturated rings. The SMILES string of the molecule is COCOc1ccccc1/C=C/c1cccc(F)c1. The summed E-state index contributed by atoms with van der Waals surface area (Å²) in [7, 11) is 1.57. The zero-order valence-electron chi connectivity index (χ0n) is 10.7. The van der Waals surface area contributed by atoms with Gasteiger partial charge < -0.3 is 9.47 Å². The maximum atomic E-state index is 13.1. The van der Waals surface area contributed by atoms with Gasteiger partial charge in [-0.2, -0.15) is 0 Å². The fraction of sp³-hybridized carbons (Fsp3) is 0.125. The predicted molar refractivity (Wildman–Crippen MR) is 74.3 cm³/mol. The molecule has 0 amide bonds. The van der Waals surface area contributed by atoms with Gasteiger partial charge in [0.15, 0.2) is 6.79 Å². The molecule has 0 atom stereocenters. The Morgan fingerprint density at radius 1 is 1.05 bits per heavy atom. The molecule has 0 aliphatic carbocycles. The van der Waals surface area contributed by atoms with Crippen molar-refractivity contribution < 1.29 is 13.9 Å². The van der Waals surface area contributed by atoms with Crippen molar-refractivity contribution in [2.75, 3.05) is 13.9 Å². The highest BCUT2D eigenvalue weighted by Gasteiger charge is 1.99. The summed E-state index contributed by atoms with van der Waals surface area (Å²) in [6, 6.07) is 14.0. The average molecular weight is 258 g/mol. The summed E-state index contributed by atoms with van der Waals surface area (Å²) in [4.78, 5) is 0. The van der Waals surface area contributed by atoms with E-state index in [1.807, 2.05) is 42.5 Å². The van der Waals surface area contributed by atoms with Gasteiger partial charge in [-0.3, -0.25) is 0 Å². The summed E-state index contributed by atoms with van der Waals surface area (Å²) in [5.41, 5.74) is 1.73. The third-order valence-corrected chi connectivity index (χ3v) is 2.56. The molecule has 0 N–H and O–H groups in total. The van der Waals surface area contributed by atoms with Gasteiger partial charge in [-0.1, -0.05) is 42.5 Å². The summed E-state index contributed by atoms with van der Waals surface area (Å²) in [5, 5.41) is 0. The van der Waals surface area contributed by atoms with Crippen LogP contribution >= 0.6 is 0 Å². The molecule has 2 aromatic carbocycles. The van der Waals surface area contributed by atoms with Crippen molar-refractivity contribution in [3.63, 3.8) is 0 Å². The van der Waals surface area contributed by atoms with Crippen molar-refractivity contribution in [2.45, 2.75) is 0 Å². The predicted octanol–water partition coefficient (Wildman–Crippen LogP) is 3.98. The Bertz CT molecular complexity index is 564. The molecular weight excluding hydrogens is 243 g/mol. The Morgan fingerprint density at radius 3 is 2.68 bits per heavy atom. The van der Waals surface area contributed by atoms with Crippen LogP contribution in [0.1, 0.15) is 11.1 Å². The molecule has 98 valence electrons. The fourth-order valence-electron chi connectivity index (χ4n) is 1.67. The molecule has 0 unspecified atom stereocenters. The van der Waals surface area contributed by atoms with Gasteiger partial charge in [-0.15, -0.1) is 0 Å². The zero-order valence-corrected chi connectivity index (χ0v) is 10.7. The van der Waals surface area contributed by atoms with Crippen LogP contribution in [0.4, 0.5) is 4.39 Å². The third kappa shape index (κ3) is 3.93. The molecule has 0 aliphatic rings. The van der Waals surface area contributed by atoms with Gasteiger partial charge in [0.1, 0.15) is 11.6 Å². The Balaban J connectivity index is 2.18. The number of rotatable bonds is 5. The number of hydrogen-bond donors (Lipinski definition) is 0. The molecule has 2 rings (SSSR count). The number of methoxy groups -OCH3 is 1. The van der Waals surface area contributed by atoms with Crippen molar-refractivity contribution >= 4 is 12.2 Å². The second kappa shape index (κ2) is 6.71. The monoisotopic (exact) mass is 258 g/mol. The molecule has 0 spiro atoms. The molecule has 0 saturated carbocycles. The molecular formula is C16H15FO2. The molecule has 2 nitrogen and oxygen atoms in total. The largest absolute Gasteiger partial charge is 0.467 e. The van der Waals surface area contributed by atoms with Crippen molar-refractivity contribution in [3.05, 3.63) is 65.5 Å². The van der Waals surface area contributed by atoms with E-state index in [9.17, 15) is 4.39 Å². The van der Waals surface area contributed by atoms with Gasteiger partial charge in [-0.05, 0) is 23.8 Å². The summed E-state index contributed by atoms with van der Waals surface area (Å²) < 4.78 is 23.4. The topological polar surface area (TPSA) is 18.5 Å². The first-order chi connectivity index (χ1) is 9.29. The van der Waals surface area contributed by atoms with E-state index in [0.717, 1.165) is 16.9 Å². The van der Waals surface area contributed by atoms with Crippen LogP contribution in [0.15, 0.2) is 48.5 Å². The van der Waals surface area contributed by atoms with Gasteiger partial charge >= 0.3 is 0 Å². The first-order valence-corrected chi connectivity index (χ1v) is 5.94.